The summed E-state index contributed by atoms with van der Waals surface area (Å²) < 4.78 is 0. The third kappa shape index (κ3) is 4.27. The van der Waals surface area contributed by atoms with Crippen LogP contribution in [-0.4, -0.2) is 40.7 Å². The molecule has 0 saturated carbocycles. The fourth-order valence-electron chi connectivity index (χ4n) is 3.39. The third-order valence-corrected chi connectivity index (χ3v) is 5.43. The summed E-state index contributed by atoms with van der Waals surface area (Å²) in [5, 5.41) is 3.33. The summed E-state index contributed by atoms with van der Waals surface area (Å²) in [6.45, 7) is 5.96. The van der Waals surface area contributed by atoms with E-state index in [0.717, 1.165) is 16.0 Å². The lowest BCUT2D eigenvalue weighted by atomic mass is 9.91. The van der Waals surface area contributed by atoms with Crippen LogP contribution < -0.4 is 5.32 Å². The number of likely N-dealkylation sites (N-methyl/N-ethyl adjacent to an activating group) is 1. The molecule has 2 aromatic rings. The lowest BCUT2D eigenvalue weighted by Crippen LogP contribution is -2.44. The van der Waals surface area contributed by atoms with Gasteiger partial charge in [0.05, 0.1) is 0 Å². The van der Waals surface area contributed by atoms with Crippen molar-refractivity contribution in [1.82, 2.24) is 15.1 Å². The normalized spacial score (nSPS) is 18.7. The molecule has 0 bridgehead atoms. The summed E-state index contributed by atoms with van der Waals surface area (Å²) in [6.07, 6.45) is 0. The number of imide groups is 1. The second kappa shape index (κ2) is 8.25. The van der Waals surface area contributed by atoms with E-state index in [-0.39, 0.29) is 12.5 Å². The number of nitrogens with one attached hydrogen (secondary N) is 1. The van der Waals surface area contributed by atoms with Crippen LogP contribution in [-0.2, 0) is 21.7 Å². The Morgan fingerprint density at radius 3 is 2.48 bits per heavy atom. The van der Waals surface area contributed by atoms with Gasteiger partial charge in [-0.2, -0.15) is 0 Å². The van der Waals surface area contributed by atoms with Crippen LogP contribution in [0.25, 0.3) is 0 Å². The van der Waals surface area contributed by atoms with E-state index in [4.69, 9.17) is 11.6 Å². The zero-order chi connectivity index (χ0) is 21.2. The second-order valence-corrected chi connectivity index (χ2v) is 7.79. The molecule has 1 atom stereocenters. The minimum absolute atomic E-state index is 0.302. The van der Waals surface area contributed by atoms with Gasteiger partial charge in [-0.25, -0.2) is 4.79 Å². The molecule has 1 unspecified atom stereocenters. The average Bonchev–Trinajstić information content (AvgIpc) is 2.90. The highest BCUT2D eigenvalue weighted by molar-refractivity contribution is 6.30. The minimum Gasteiger partial charge on any atom is -0.337 e. The summed E-state index contributed by atoms with van der Waals surface area (Å²) >= 11 is 6.02. The van der Waals surface area contributed by atoms with E-state index in [0.29, 0.717) is 23.7 Å². The Morgan fingerprint density at radius 2 is 1.86 bits per heavy atom. The van der Waals surface area contributed by atoms with Gasteiger partial charge in [0, 0.05) is 18.1 Å². The fourth-order valence-corrected chi connectivity index (χ4v) is 3.60. The van der Waals surface area contributed by atoms with E-state index in [9.17, 15) is 14.4 Å². The summed E-state index contributed by atoms with van der Waals surface area (Å²) in [6, 6.07) is 14.1. The molecular weight excluding hydrogens is 390 g/mol. The lowest BCUT2D eigenvalue weighted by molar-refractivity contribution is -0.139. The Morgan fingerprint density at radius 1 is 1.17 bits per heavy atom. The van der Waals surface area contributed by atoms with Crippen molar-refractivity contribution in [2.45, 2.75) is 32.9 Å². The summed E-state index contributed by atoms with van der Waals surface area (Å²) in [7, 11) is 0. The molecule has 0 aliphatic carbocycles. The number of urea groups is 1. The molecule has 3 rings (SSSR count). The molecular formula is C22H24ClN3O3. The number of amides is 4. The van der Waals surface area contributed by atoms with Gasteiger partial charge >= 0.3 is 6.03 Å². The van der Waals surface area contributed by atoms with Crippen molar-refractivity contribution >= 4 is 29.4 Å². The Balaban J connectivity index is 1.74. The van der Waals surface area contributed by atoms with Gasteiger partial charge in [-0.05, 0) is 44.0 Å². The monoisotopic (exact) mass is 413 g/mol. The van der Waals surface area contributed by atoms with Crippen LogP contribution in [0.3, 0.4) is 0 Å². The van der Waals surface area contributed by atoms with Crippen LogP contribution in [0.5, 0.6) is 0 Å². The first-order chi connectivity index (χ1) is 13.7. The third-order valence-electron chi connectivity index (χ3n) is 5.19. The molecule has 0 aromatic heterocycles. The van der Waals surface area contributed by atoms with Gasteiger partial charge in [0.1, 0.15) is 12.1 Å². The largest absolute Gasteiger partial charge is 0.337 e. The van der Waals surface area contributed by atoms with E-state index in [1.54, 1.807) is 24.0 Å². The number of carbonyl (C=O) groups excluding carboxylic acids is 3. The second-order valence-electron chi connectivity index (χ2n) is 7.35. The number of benzene rings is 2. The zero-order valence-electron chi connectivity index (χ0n) is 16.7. The molecule has 1 aliphatic heterocycles. The molecule has 152 valence electrons. The first kappa shape index (κ1) is 20.9. The highest BCUT2D eigenvalue weighted by Crippen LogP contribution is 2.29. The van der Waals surface area contributed by atoms with Gasteiger partial charge in [-0.3, -0.25) is 14.5 Å². The van der Waals surface area contributed by atoms with Crippen molar-refractivity contribution in [2.24, 2.45) is 0 Å². The highest BCUT2D eigenvalue weighted by atomic mass is 35.5. The molecule has 2 aromatic carbocycles. The van der Waals surface area contributed by atoms with Crippen LogP contribution in [0.15, 0.2) is 48.5 Å². The smallest absolute Gasteiger partial charge is 0.325 e. The van der Waals surface area contributed by atoms with Crippen molar-refractivity contribution < 1.29 is 14.4 Å². The summed E-state index contributed by atoms with van der Waals surface area (Å²) in [4.78, 5) is 40.9. The Kier molecular flexibility index (Phi) is 5.94. The number of hydrogen-bond donors (Lipinski definition) is 1. The Hall–Kier alpha value is -2.86. The van der Waals surface area contributed by atoms with Crippen LogP contribution in [0.2, 0.25) is 5.02 Å². The molecule has 1 heterocycles. The van der Waals surface area contributed by atoms with Crippen molar-refractivity contribution in [3.8, 4) is 0 Å². The molecule has 6 nitrogen and oxygen atoms in total. The van der Waals surface area contributed by atoms with Crippen molar-refractivity contribution in [3.05, 3.63) is 70.2 Å². The first-order valence-corrected chi connectivity index (χ1v) is 9.86. The molecule has 1 aliphatic rings. The van der Waals surface area contributed by atoms with Gasteiger partial charge < -0.3 is 10.2 Å². The van der Waals surface area contributed by atoms with E-state index in [1.807, 2.05) is 50.2 Å². The lowest BCUT2D eigenvalue weighted by Gasteiger charge is -2.25. The van der Waals surface area contributed by atoms with Crippen molar-refractivity contribution in [3.63, 3.8) is 0 Å². The van der Waals surface area contributed by atoms with Gasteiger partial charge in [-0.15, -0.1) is 0 Å². The molecule has 4 amide bonds. The van der Waals surface area contributed by atoms with Gasteiger partial charge in [0.2, 0.25) is 5.91 Å². The molecule has 1 saturated heterocycles. The highest BCUT2D eigenvalue weighted by Gasteiger charge is 2.49. The van der Waals surface area contributed by atoms with E-state index < -0.39 is 17.5 Å². The van der Waals surface area contributed by atoms with E-state index in [2.05, 4.69) is 5.32 Å². The average molecular weight is 414 g/mol. The van der Waals surface area contributed by atoms with E-state index >= 15 is 0 Å². The van der Waals surface area contributed by atoms with E-state index in [1.165, 1.54) is 0 Å². The predicted molar refractivity (Wildman–Crippen MR) is 111 cm³/mol. The predicted octanol–water partition coefficient (Wildman–Crippen LogP) is 3.46. The van der Waals surface area contributed by atoms with Crippen molar-refractivity contribution in [1.29, 1.82) is 0 Å². The zero-order valence-corrected chi connectivity index (χ0v) is 17.5. The van der Waals surface area contributed by atoms with Crippen LogP contribution >= 0.6 is 11.6 Å². The number of carbonyl (C=O) groups is 3. The molecule has 0 radical (unpaired) electrons. The maximum Gasteiger partial charge on any atom is 0.325 e. The summed E-state index contributed by atoms with van der Waals surface area (Å²) in [5.74, 6) is -0.734. The Bertz CT molecular complexity index is 945. The van der Waals surface area contributed by atoms with Crippen LogP contribution in [0.4, 0.5) is 4.79 Å². The molecule has 1 N–H and O–H groups in total. The molecule has 1 fully saturated rings. The number of hydrogen-bond acceptors (Lipinski definition) is 3. The maximum atomic E-state index is 13.0. The van der Waals surface area contributed by atoms with Crippen LogP contribution in [0.1, 0.15) is 30.5 Å². The molecule has 0 spiro atoms. The van der Waals surface area contributed by atoms with Gasteiger partial charge in [0.25, 0.3) is 5.91 Å². The maximum absolute atomic E-state index is 13.0. The Labute approximate surface area is 175 Å². The molecule has 7 heteroatoms. The minimum atomic E-state index is -1.19. The standard InChI is InChI=1S/C22H24ClN3O3/c1-4-25(13-16-6-5-7-18(23)12-16)19(27)14-26-20(28)22(3,24-21(26)29)17-10-8-15(2)9-11-17/h5-12H,4,13-14H2,1-3H3,(H,24,29). The summed E-state index contributed by atoms with van der Waals surface area (Å²) in [5.41, 5.74) is 1.44. The number of aryl methyl sites for hydroxylation is 1. The number of rotatable bonds is 6. The van der Waals surface area contributed by atoms with Gasteiger partial charge in [0.15, 0.2) is 0 Å². The topological polar surface area (TPSA) is 69.7 Å². The SMILES string of the molecule is CCN(Cc1cccc(Cl)c1)C(=O)CN1C(=O)NC(C)(c2ccc(C)cc2)C1=O. The van der Waals surface area contributed by atoms with Crippen molar-refractivity contribution in [2.75, 3.05) is 13.1 Å². The number of nitrogens with zero attached hydrogens (tertiary/aromatic N) is 2. The quantitative estimate of drug-likeness (QED) is 0.737. The number of halogens is 1. The fraction of sp³-hybridized carbons (Fsp3) is 0.318. The van der Waals surface area contributed by atoms with Gasteiger partial charge in [-0.1, -0.05) is 53.6 Å². The first-order valence-electron chi connectivity index (χ1n) is 9.48. The van der Waals surface area contributed by atoms with Crippen LogP contribution in [0, 0.1) is 6.92 Å². The molecule has 29 heavy (non-hydrogen) atoms.